The maximum Gasteiger partial charge on any atom is 0.281 e. The monoisotopic (exact) mass is 202 g/mol. The van der Waals surface area contributed by atoms with Gasteiger partial charge in [0.25, 0.3) is 6.43 Å². The summed E-state index contributed by atoms with van der Waals surface area (Å²) in [5, 5.41) is 8.26. The van der Waals surface area contributed by atoms with Crippen LogP contribution >= 0.6 is 0 Å². The number of H-pyrrole nitrogens is 1. The first-order chi connectivity index (χ1) is 6.56. The molecule has 74 valence electrons. The van der Waals surface area contributed by atoms with E-state index < -0.39 is 23.4 Å². The Morgan fingerprint density at radius 1 is 1.57 bits per heavy atom. The topological polar surface area (TPSA) is 56.6 Å². The van der Waals surface area contributed by atoms with Gasteiger partial charge in [-0.25, -0.2) is 13.2 Å². The highest BCUT2D eigenvalue weighted by atomic mass is 19.3. The van der Waals surface area contributed by atoms with Crippen LogP contribution in [0.15, 0.2) is 10.9 Å². The molecular formula is C8H5F3N2O. The third-order valence-electron chi connectivity index (χ3n) is 1.54. The lowest BCUT2D eigenvalue weighted by Gasteiger charge is -2.03. The second-order valence-electron chi connectivity index (χ2n) is 2.52. The minimum atomic E-state index is -3.10. The molecule has 0 unspecified atom stereocenters. The Labute approximate surface area is 76.8 Å². The lowest BCUT2D eigenvalue weighted by molar-refractivity contribution is 0.140. The molecule has 1 aromatic heterocycles. The van der Waals surface area contributed by atoms with Crippen LogP contribution in [0.1, 0.15) is 17.8 Å². The maximum absolute atomic E-state index is 12.8. The predicted molar refractivity (Wildman–Crippen MR) is 41.3 cm³/mol. The molecule has 1 aromatic rings. The number of nitrogens with zero attached hydrogens (tertiary/aromatic N) is 1. The predicted octanol–water partition coefficient (Wildman–Crippen LogP) is 1.52. The van der Waals surface area contributed by atoms with Crippen LogP contribution in [0.5, 0.6) is 0 Å². The van der Waals surface area contributed by atoms with Crippen molar-refractivity contribution in [3.05, 3.63) is 33.5 Å². The van der Waals surface area contributed by atoms with Crippen LogP contribution in [0.2, 0.25) is 0 Å². The Bertz CT molecular complexity index is 433. The van der Waals surface area contributed by atoms with Gasteiger partial charge in [0.15, 0.2) is 5.82 Å². The second-order valence-corrected chi connectivity index (χ2v) is 2.52. The summed E-state index contributed by atoms with van der Waals surface area (Å²) in [5.74, 6) is -1.50. The first-order valence-corrected chi connectivity index (χ1v) is 3.63. The van der Waals surface area contributed by atoms with Gasteiger partial charge in [0.05, 0.1) is 12.5 Å². The van der Waals surface area contributed by atoms with Crippen LogP contribution in [0.4, 0.5) is 13.2 Å². The zero-order valence-corrected chi connectivity index (χ0v) is 6.85. The van der Waals surface area contributed by atoms with Gasteiger partial charge >= 0.3 is 0 Å². The highest BCUT2D eigenvalue weighted by Gasteiger charge is 2.17. The van der Waals surface area contributed by atoms with Crippen LogP contribution < -0.4 is 5.43 Å². The molecule has 0 bridgehead atoms. The van der Waals surface area contributed by atoms with E-state index >= 15 is 0 Å². The van der Waals surface area contributed by atoms with Gasteiger partial charge in [-0.15, -0.1) is 0 Å². The summed E-state index contributed by atoms with van der Waals surface area (Å²) in [7, 11) is 0. The van der Waals surface area contributed by atoms with E-state index in [9.17, 15) is 18.0 Å². The number of hydrogen-bond acceptors (Lipinski definition) is 2. The Morgan fingerprint density at radius 2 is 2.21 bits per heavy atom. The van der Waals surface area contributed by atoms with Crippen molar-refractivity contribution in [2.24, 2.45) is 0 Å². The van der Waals surface area contributed by atoms with E-state index in [2.05, 4.69) is 0 Å². The molecule has 0 atom stereocenters. The number of nitriles is 1. The summed E-state index contributed by atoms with van der Waals surface area (Å²) in [6.45, 7) is 0. The van der Waals surface area contributed by atoms with Crippen molar-refractivity contribution in [3.63, 3.8) is 0 Å². The molecule has 1 N–H and O–H groups in total. The smallest absolute Gasteiger partial charge is 0.281 e. The molecule has 0 radical (unpaired) electrons. The quantitative estimate of drug-likeness (QED) is 0.790. The zero-order valence-electron chi connectivity index (χ0n) is 6.85. The van der Waals surface area contributed by atoms with Gasteiger partial charge < -0.3 is 4.98 Å². The summed E-state index contributed by atoms with van der Waals surface area (Å²) in [4.78, 5) is 12.8. The molecule has 0 aliphatic carbocycles. The lowest BCUT2D eigenvalue weighted by Crippen LogP contribution is -2.13. The van der Waals surface area contributed by atoms with Gasteiger partial charge in [0.1, 0.15) is 5.69 Å². The minimum Gasteiger partial charge on any atom is -0.354 e. The number of aromatic amines is 1. The van der Waals surface area contributed by atoms with Crippen LogP contribution in [0.3, 0.4) is 0 Å². The van der Waals surface area contributed by atoms with Crippen LogP contribution in [0, 0.1) is 17.1 Å². The van der Waals surface area contributed by atoms with Crippen LogP contribution in [-0.4, -0.2) is 4.98 Å². The lowest BCUT2D eigenvalue weighted by atomic mass is 10.2. The average Bonchev–Trinajstić information content (AvgIpc) is 2.11. The Kier molecular flexibility index (Phi) is 2.92. The standard InChI is InChI=1S/C8H5F3N2O/c9-6-5(14)3-4(1-2-12)13-7(6)8(10)11/h3,8H,1H2,(H,13,14). The van der Waals surface area contributed by atoms with Crippen molar-refractivity contribution in [2.45, 2.75) is 12.8 Å². The van der Waals surface area contributed by atoms with E-state index in [-0.39, 0.29) is 12.1 Å². The third-order valence-corrected chi connectivity index (χ3v) is 1.54. The van der Waals surface area contributed by atoms with E-state index in [1.807, 2.05) is 4.98 Å². The van der Waals surface area contributed by atoms with Crippen molar-refractivity contribution in [1.29, 1.82) is 5.26 Å². The molecule has 0 spiro atoms. The Hall–Kier alpha value is -1.77. The molecule has 14 heavy (non-hydrogen) atoms. The van der Waals surface area contributed by atoms with Gasteiger partial charge in [0, 0.05) is 11.8 Å². The Balaban J connectivity index is 3.30. The summed E-state index contributed by atoms with van der Waals surface area (Å²) < 4.78 is 37.0. The summed E-state index contributed by atoms with van der Waals surface area (Å²) in [6.07, 6.45) is -3.34. The first kappa shape index (κ1) is 10.3. The molecule has 0 saturated carbocycles. The molecule has 1 rings (SSSR count). The fourth-order valence-corrected chi connectivity index (χ4v) is 0.949. The van der Waals surface area contributed by atoms with Gasteiger partial charge in [0.2, 0.25) is 5.43 Å². The van der Waals surface area contributed by atoms with E-state index in [1.54, 1.807) is 6.07 Å². The van der Waals surface area contributed by atoms with E-state index in [1.165, 1.54) is 0 Å². The highest BCUT2D eigenvalue weighted by Crippen LogP contribution is 2.17. The number of nitrogens with one attached hydrogen (secondary N) is 1. The fraction of sp³-hybridized carbons (Fsp3) is 0.250. The molecule has 0 aromatic carbocycles. The van der Waals surface area contributed by atoms with E-state index in [4.69, 9.17) is 5.26 Å². The van der Waals surface area contributed by atoms with E-state index in [0.29, 0.717) is 0 Å². The summed E-state index contributed by atoms with van der Waals surface area (Å²) in [5.41, 5.74) is -2.22. The maximum atomic E-state index is 12.8. The van der Waals surface area contributed by atoms with Crippen molar-refractivity contribution in [1.82, 2.24) is 4.98 Å². The van der Waals surface area contributed by atoms with Crippen molar-refractivity contribution < 1.29 is 13.2 Å². The third kappa shape index (κ3) is 1.93. The number of pyridine rings is 1. The largest absolute Gasteiger partial charge is 0.354 e. The molecular weight excluding hydrogens is 197 g/mol. The molecule has 0 amide bonds. The number of halogens is 3. The average molecular weight is 202 g/mol. The Morgan fingerprint density at radius 3 is 2.71 bits per heavy atom. The zero-order chi connectivity index (χ0) is 10.7. The van der Waals surface area contributed by atoms with Crippen LogP contribution in [-0.2, 0) is 6.42 Å². The number of rotatable bonds is 2. The van der Waals surface area contributed by atoms with Crippen LogP contribution in [0.25, 0.3) is 0 Å². The van der Waals surface area contributed by atoms with Gasteiger partial charge in [-0.1, -0.05) is 0 Å². The SMILES string of the molecule is N#CCc1cc(=O)c(F)c(C(F)F)[nH]1. The molecule has 0 fully saturated rings. The van der Waals surface area contributed by atoms with Crippen molar-refractivity contribution in [2.75, 3.05) is 0 Å². The van der Waals surface area contributed by atoms with Crippen molar-refractivity contribution >= 4 is 0 Å². The number of aromatic nitrogens is 1. The molecule has 0 aliphatic rings. The number of alkyl halides is 2. The second kappa shape index (κ2) is 3.96. The number of hydrogen-bond donors (Lipinski definition) is 1. The molecule has 0 saturated heterocycles. The van der Waals surface area contributed by atoms with Gasteiger partial charge in [-0.05, 0) is 0 Å². The van der Waals surface area contributed by atoms with E-state index in [0.717, 1.165) is 6.07 Å². The summed E-state index contributed by atoms with van der Waals surface area (Å²) >= 11 is 0. The van der Waals surface area contributed by atoms with Crippen molar-refractivity contribution in [3.8, 4) is 6.07 Å². The highest BCUT2D eigenvalue weighted by molar-refractivity contribution is 5.16. The van der Waals surface area contributed by atoms with Gasteiger partial charge in [-0.3, -0.25) is 4.79 Å². The fourth-order valence-electron chi connectivity index (χ4n) is 0.949. The minimum absolute atomic E-state index is 0.0193. The summed E-state index contributed by atoms with van der Waals surface area (Å²) in [6, 6.07) is 2.46. The van der Waals surface area contributed by atoms with Gasteiger partial charge in [-0.2, -0.15) is 5.26 Å². The molecule has 3 nitrogen and oxygen atoms in total. The molecule has 1 heterocycles. The molecule has 6 heteroatoms. The normalized spacial score (nSPS) is 10.2. The molecule has 0 aliphatic heterocycles. The first-order valence-electron chi connectivity index (χ1n) is 3.63.